The van der Waals surface area contributed by atoms with Gasteiger partial charge in [-0.15, -0.1) is 0 Å². The summed E-state index contributed by atoms with van der Waals surface area (Å²) in [6, 6.07) is 5.43. The minimum atomic E-state index is -0.535. The Morgan fingerprint density at radius 1 is 1.42 bits per heavy atom. The molecule has 4 nitrogen and oxygen atoms in total. The Labute approximate surface area is 135 Å². The van der Waals surface area contributed by atoms with Gasteiger partial charge < -0.3 is 9.47 Å². The van der Waals surface area contributed by atoms with E-state index in [-0.39, 0.29) is 15.2 Å². The van der Waals surface area contributed by atoms with Crippen LogP contribution in [0.1, 0.15) is 9.67 Å². The van der Waals surface area contributed by atoms with Gasteiger partial charge in [-0.1, -0.05) is 38.9 Å². The molecule has 19 heavy (non-hydrogen) atoms. The van der Waals surface area contributed by atoms with Crippen molar-refractivity contribution in [3.8, 4) is 10.9 Å². The highest BCUT2D eigenvalue weighted by Crippen LogP contribution is 2.36. The number of hydrogen-bond donors (Lipinski definition) is 0. The summed E-state index contributed by atoms with van der Waals surface area (Å²) < 4.78 is 11.8. The molecule has 0 aliphatic carbocycles. The number of hydrogen-bond acceptors (Lipinski definition) is 5. The number of methoxy groups -OCH3 is 1. The van der Waals surface area contributed by atoms with Crippen molar-refractivity contribution in [2.24, 2.45) is 0 Å². The van der Waals surface area contributed by atoms with Crippen LogP contribution in [0.15, 0.2) is 27.1 Å². The van der Waals surface area contributed by atoms with Crippen molar-refractivity contribution in [1.82, 2.24) is 4.98 Å². The molecule has 0 bridgehead atoms. The molecular formula is C11H6Br2ClNO3S. The standard InChI is InChI=1S/C11H6Br2ClNO3S/c1-17-10(16)8-9(14)15-11(19-8)18-7-3-2-5(12)4-6(7)13/h2-4H,1H3. The molecule has 0 saturated carbocycles. The van der Waals surface area contributed by atoms with Crippen LogP contribution in [0.2, 0.25) is 5.15 Å². The van der Waals surface area contributed by atoms with E-state index in [1.54, 1.807) is 6.07 Å². The Morgan fingerprint density at radius 2 is 2.16 bits per heavy atom. The average molecular weight is 428 g/mol. The fourth-order valence-electron chi connectivity index (χ4n) is 1.20. The molecule has 1 aromatic carbocycles. The lowest BCUT2D eigenvalue weighted by Crippen LogP contribution is -1.98. The highest BCUT2D eigenvalue weighted by Gasteiger charge is 2.19. The summed E-state index contributed by atoms with van der Waals surface area (Å²) >= 11 is 13.6. The van der Waals surface area contributed by atoms with Gasteiger partial charge in [0.15, 0.2) is 10.0 Å². The topological polar surface area (TPSA) is 48.4 Å². The second-order valence-corrected chi connectivity index (χ2v) is 6.36. The average Bonchev–Trinajstić information content (AvgIpc) is 2.73. The fraction of sp³-hybridized carbons (Fsp3) is 0.0909. The largest absolute Gasteiger partial charge is 0.465 e. The van der Waals surface area contributed by atoms with Gasteiger partial charge in [0.1, 0.15) is 5.75 Å². The van der Waals surface area contributed by atoms with Crippen LogP contribution in [0, 0.1) is 0 Å². The third-order valence-corrected chi connectivity index (χ3v) is 4.44. The number of carbonyl (C=O) groups excluding carboxylic acids is 1. The normalized spacial score (nSPS) is 10.3. The molecule has 1 aromatic heterocycles. The maximum atomic E-state index is 11.4. The van der Waals surface area contributed by atoms with E-state index >= 15 is 0 Å². The summed E-state index contributed by atoms with van der Waals surface area (Å²) in [4.78, 5) is 15.6. The van der Waals surface area contributed by atoms with E-state index in [1.165, 1.54) is 7.11 Å². The maximum absolute atomic E-state index is 11.4. The number of halogens is 3. The number of nitrogens with zero attached hydrogens (tertiary/aromatic N) is 1. The van der Waals surface area contributed by atoms with Crippen molar-refractivity contribution in [2.45, 2.75) is 0 Å². The third kappa shape index (κ3) is 3.47. The highest BCUT2D eigenvalue weighted by molar-refractivity contribution is 9.11. The molecule has 1 heterocycles. The lowest BCUT2D eigenvalue weighted by Gasteiger charge is -2.04. The number of esters is 1. The molecule has 8 heteroatoms. The van der Waals surface area contributed by atoms with Crippen LogP contribution in [0.3, 0.4) is 0 Å². The Balaban J connectivity index is 2.26. The van der Waals surface area contributed by atoms with Crippen LogP contribution in [0.25, 0.3) is 0 Å². The van der Waals surface area contributed by atoms with Crippen molar-refractivity contribution < 1.29 is 14.3 Å². The van der Waals surface area contributed by atoms with Gasteiger partial charge in [0, 0.05) is 4.47 Å². The van der Waals surface area contributed by atoms with Gasteiger partial charge in [-0.3, -0.25) is 0 Å². The number of benzene rings is 1. The van der Waals surface area contributed by atoms with Crippen molar-refractivity contribution in [1.29, 1.82) is 0 Å². The number of rotatable bonds is 3. The van der Waals surface area contributed by atoms with Gasteiger partial charge in [0.2, 0.25) is 0 Å². The van der Waals surface area contributed by atoms with Gasteiger partial charge in [0.05, 0.1) is 11.6 Å². The molecule has 0 fully saturated rings. The molecule has 0 unspecified atom stereocenters. The summed E-state index contributed by atoms with van der Waals surface area (Å²) in [6.45, 7) is 0. The predicted molar refractivity (Wildman–Crippen MR) is 80.4 cm³/mol. The lowest BCUT2D eigenvalue weighted by molar-refractivity contribution is 0.0606. The highest BCUT2D eigenvalue weighted by atomic mass is 79.9. The van der Waals surface area contributed by atoms with Gasteiger partial charge >= 0.3 is 5.97 Å². The quantitative estimate of drug-likeness (QED) is 0.654. The second-order valence-electron chi connectivity index (χ2n) is 3.27. The second kappa shape index (κ2) is 6.21. The summed E-state index contributed by atoms with van der Waals surface area (Å²) in [5.41, 5.74) is 0. The lowest BCUT2D eigenvalue weighted by atomic mass is 10.3. The van der Waals surface area contributed by atoms with E-state index in [9.17, 15) is 4.79 Å². The van der Waals surface area contributed by atoms with Crippen molar-refractivity contribution in [2.75, 3.05) is 7.11 Å². The zero-order valence-electron chi connectivity index (χ0n) is 9.45. The number of ether oxygens (including phenoxy) is 2. The van der Waals surface area contributed by atoms with Gasteiger partial charge in [-0.25, -0.2) is 4.79 Å². The van der Waals surface area contributed by atoms with E-state index < -0.39 is 5.97 Å². The van der Waals surface area contributed by atoms with Crippen LogP contribution in [-0.2, 0) is 4.74 Å². The Hall–Kier alpha value is -0.630. The van der Waals surface area contributed by atoms with Crippen molar-refractivity contribution >= 4 is 60.8 Å². The Kier molecular flexibility index (Phi) is 4.83. The van der Waals surface area contributed by atoms with E-state index in [4.69, 9.17) is 16.3 Å². The fourth-order valence-corrected chi connectivity index (χ4v) is 3.38. The van der Waals surface area contributed by atoms with Crippen molar-refractivity contribution in [3.63, 3.8) is 0 Å². The zero-order chi connectivity index (χ0) is 14.0. The van der Waals surface area contributed by atoms with E-state index in [1.807, 2.05) is 12.1 Å². The van der Waals surface area contributed by atoms with E-state index in [0.717, 1.165) is 20.3 Å². The van der Waals surface area contributed by atoms with Gasteiger partial charge in [-0.05, 0) is 34.1 Å². The number of thiazole rings is 1. The molecule has 2 aromatic rings. The van der Waals surface area contributed by atoms with E-state index in [2.05, 4.69) is 41.6 Å². The SMILES string of the molecule is COC(=O)c1sc(Oc2ccc(Br)cc2Br)nc1Cl. The van der Waals surface area contributed by atoms with E-state index in [0.29, 0.717) is 5.75 Å². The number of carbonyl (C=O) groups is 1. The van der Waals surface area contributed by atoms with Crippen LogP contribution in [0.5, 0.6) is 10.9 Å². The first-order valence-corrected chi connectivity index (χ1v) is 7.67. The molecule has 0 spiro atoms. The molecule has 2 rings (SSSR count). The minimum absolute atomic E-state index is 0.0695. The summed E-state index contributed by atoms with van der Waals surface area (Å²) in [7, 11) is 1.28. The van der Waals surface area contributed by atoms with Crippen LogP contribution in [0.4, 0.5) is 0 Å². The zero-order valence-corrected chi connectivity index (χ0v) is 14.2. The molecular weight excluding hydrogens is 421 g/mol. The minimum Gasteiger partial charge on any atom is -0.465 e. The number of aromatic nitrogens is 1. The molecule has 0 aliphatic heterocycles. The molecule has 0 saturated heterocycles. The smallest absolute Gasteiger partial charge is 0.351 e. The molecule has 0 radical (unpaired) electrons. The van der Waals surface area contributed by atoms with Crippen LogP contribution < -0.4 is 4.74 Å². The monoisotopic (exact) mass is 425 g/mol. The van der Waals surface area contributed by atoms with Gasteiger partial charge in [-0.2, -0.15) is 4.98 Å². The predicted octanol–water partition coefficient (Wildman–Crippen LogP) is 4.90. The Morgan fingerprint density at radius 3 is 2.79 bits per heavy atom. The molecule has 0 amide bonds. The first-order valence-electron chi connectivity index (χ1n) is 4.89. The van der Waals surface area contributed by atoms with Crippen LogP contribution >= 0.6 is 54.8 Å². The maximum Gasteiger partial charge on any atom is 0.351 e. The first kappa shape index (κ1) is 14.8. The molecule has 0 N–H and O–H groups in total. The van der Waals surface area contributed by atoms with Crippen molar-refractivity contribution in [3.05, 3.63) is 37.2 Å². The van der Waals surface area contributed by atoms with Crippen LogP contribution in [-0.4, -0.2) is 18.1 Å². The third-order valence-electron chi connectivity index (χ3n) is 2.03. The molecule has 0 aliphatic rings. The molecule has 0 atom stereocenters. The first-order chi connectivity index (χ1) is 9.01. The van der Waals surface area contributed by atoms with Gasteiger partial charge in [0.25, 0.3) is 5.19 Å². The summed E-state index contributed by atoms with van der Waals surface area (Å²) in [5, 5.41) is 0.341. The summed E-state index contributed by atoms with van der Waals surface area (Å²) in [6.07, 6.45) is 0. The molecule has 100 valence electrons. The Bertz CT molecular complexity index is 632. The summed E-state index contributed by atoms with van der Waals surface area (Å²) in [5.74, 6) is 0.0391.